The van der Waals surface area contributed by atoms with E-state index in [0.29, 0.717) is 37.1 Å². The number of nitrogens with zero attached hydrogens (tertiary/aromatic N) is 2. The van der Waals surface area contributed by atoms with Gasteiger partial charge >= 0.3 is 0 Å². The van der Waals surface area contributed by atoms with Crippen LogP contribution in [0, 0.1) is 0 Å². The number of carbonyl (C=O) groups excluding carboxylic acids is 3. The van der Waals surface area contributed by atoms with Crippen molar-refractivity contribution >= 4 is 17.7 Å². The molecule has 2 atom stereocenters. The Kier molecular flexibility index (Phi) is 7.79. The molecule has 2 saturated heterocycles. The molecule has 39 heavy (non-hydrogen) atoms. The topological polar surface area (TPSA) is 79.0 Å². The van der Waals surface area contributed by atoms with Gasteiger partial charge in [-0.05, 0) is 48.7 Å². The van der Waals surface area contributed by atoms with Crippen molar-refractivity contribution < 1.29 is 19.1 Å². The summed E-state index contributed by atoms with van der Waals surface area (Å²) in [6.07, 6.45) is 1.78. The third-order valence-electron chi connectivity index (χ3n) is 7.90. The highest BCUT2D eigenvalue weighted by Crippen LogP contribution is 2.39. The predicted molar refractivity (Wildman–Crippen MR) is 149 cm³/mol. The summed E-state index contributed by atoms with van der Waals surface area (Å²) in [6.45, 7) is 4.99. The van der Waals surface area contributed by atoms with E-state index in [9.17, 15) is 14.4 Å². The number of benzene rings is 3. The van der Waals surface area contributed by atoms with Crippen LogP contribution in [0.15, 0.2) is 84.9 Å². The average molecular weight is 526 g/mol. The van der Waals surface area contributed by atoms with Gasteiger partial charge in [-0.1, -0.05) is 67.6 Å². The van der Waals surface area contributed by atoms with Crippen molar-refractivity contribution in [3.05, 3.63) is 107 Å². The Morgan fingerprint density at radius 3 is 2.08 bits per heavy atom. The molecule has 2 heterocycles. The van der Waals surface area contributed by atoms with E-state index in [0.717, 1.165) is 12.0 Å². The molecule has 2 aliphatic heterocycles. The Bertz CT molecular complexity index is 1300. The molecule has 0 unspecified atom stereocenters. The number of carbonyl (C=O) groups is 3. The maximum absolute atomic E-state index is 13.9. The van der Waals surface area contributed by atoms with E-state index in [1.54, 1.807) is 17.0 Å². The van der Waals surface area contributed by atoms with E-state index in [1.807, 2.05) is 84.6 Å². The molecule has 1 spiro atoms. The molecule has 2 fully saturated rings. The number of likely N-dealkylation sites (tertiary alicyclic amines) is 1. The normalized spacial score (nSPS) is 19.1. The van der Waals surface area contributed by atoms with Crippen molar-refractivity contribution in [3.63, 3.8) is 0 Å². The van der Waals surface area contributed by atoms with E-state index >= 15 is 0 Å². The van der Waals surface area contributed by atoms with Crippen LogP contribution in [0.1, 0.15) is 64.6 Å². The summed E-state index contributed by atoms with van der Waals surface area (Å²) in [5.74, 6) is -0.519. The van der Waals surface area contributed by atoms with Crippen molar-refractivity contribution in [2.75, 3.05) is 19.7 Å². The van der Waals surface area contributed by atoms with Gasteiger partial charge in [0, 0.05) is 37.1 Å². The lowest BCUT2D eigenvalue weighted by Crippen LogP contribution is -2.60. The number of amides is 3. The number of hydrogen-bond acceptors (Lipinski definition) is 4. The van der Waals surface area contributed by atoms with Gasteiger partial charge in [0.25, 0.3) is 11.8 Å². The number of hydrogen-bond donors (Lipinski definition) is 1. The summed E-state index contributed by atoms with van der Waals surface area (Å²) in [5.41, 5.74) is 2.38. The van der Waals surface area contributed by atoms with Crippen LogP contribution in [0.4, 0.5) is 0 Å². The van der Waals surface area contributed by atoms with Gasteiger partial charge in [0.15, 0.2) is 0 Å². The number of aryl methyl sites for hydroxylation is 1. The molecular weight excluding hydrogens is 490 g/mol. The van der Waals surface area contributed by atoms with E-state index in [1.165, 1.54) is 5.56 Å². The van der Waals surface area contributed by atoms with E-state index in [4.69, 9.17) is 4.74 Å². The molecule has 0 saturated carbocycles. The third kappa shape index (κ3) is 5.45. The van der Waals surface area contributed by atoms with Gasteiger partial charge in [0.05, 0.1) is 12.6 Å². The summed E-state index contributed by atoms with van der Waals surface area (Å²) >= 11 is 0. The highest BCUT2D eigenvalue weighted by Gasteiger charge is 2.54. The molecule has 0 bridgehead atoms. The minimum absolute atomic E-state index is 0.0302. The zero-order valence-corrected chi connectivity index (χ0v) is 22.5. The maximum atomic E-state index is 13.9. The maximum Gasteiger partial charge on any atom is 0.256 e. The lowest BCUT2D eigenvalue weighted by Gasteiger charge is -2.44. The van der Waals surface area contributed by atoms with Crippen molar-refractivity contribution in [1.29, 1.82) is 0 Å². The summed E-state index contributed by atoms with van der Waals surface area (Å²) in [4.78, 5) is 44.1. The van der Waals surface area contributed by atoms with Crippen LogP contribution in [-0.2, 0) is 16.0 Å². The number of rotatable bonds is 6. The molecule has 7 heteroatoms. The molecule has 0 aliphatic carbocycles. The fourth-order valence-corrected chi connectivity index (χ4v) is 5.55. The van der Waals surface area contributed by atoms with Gasteiger partial charge in [-0.2, -0.15) is 0 Å². The largest absolute Gasteiger partial charge is 0.353 e. The molecule has 0 aromatic heterocycles. The minimum atomic E-state index is -0.951. The second kappa shape index (κ2) is 11.4. The lowest BCUT2D eigenvalue weighted by molar-refractivity contribution is -0.128. The summed E-state index contributed by atoms with van der Waals surface area (Å²) in [5, 5.41) is 3.08. The fraction of sp³-hybridized carbons (Fsp3) is 0.344. The molecule has 7 nitrogen and oxygen atoms in total. The minimum Gasteiger partial charge on any atom is -0.353 e. The number of piperidine rings is 1. The van der Waals surface area contributed by atoms with Crippen LogP contribution >= 0.6 is 0 Å². The van der Waals surface area contributed by atoms with Crippen molar-refractivity contribution in [2.45, 2.75) is 50.9 Å². The first-order chi connectivity index (χ1) is 18.9. The lowest BCUT2D eigenvalue weighted by atomic mass is 9.95. The molecule has 2 aliphatic rings. The summed E-state index contributed by atoms with van der Waals surface area (Å²) < 4.78 is 6.33. The smallest absolute Gasteiger partial charge is 0.256 e. The molecular formula is C32H35N3O4. The van der Waals surface area contributed by atoms with Crippen molar-refractivity contribution in [2.24, 2.45) is 0 Å². The first-order valence-corrected chi connectivity index (χ1v) is 13.7. The first-order valence-electron chi connectivity index (χ1n) is 13.7. The van der Waals surface area contributed by atoms with Crippen LogP contribution in [0.25, 0.3) is 0 Å². The zero-order chi connectivity index (χ0) is 27.4. The second-order valence-electron chi connectivity index (χ2n) is 10.3. The van der Waals surface area contributed by atoms with Gasteiger partial charge in [-0.3, -0.25) is 19.3 Å². The van der Waals surface area contributed by atoms with Crippen LogP contribution < -0.4 is 5.32 Å². The SMILES string of the molecule is CCc1ccc(C(=O)N2CCC3(CC2)OC[C@H](C(=O)N[C@@H](C)c2ccccc2)N3C(=O)c2ccccc2)cc1. The fourth-order valence-electron chi connectivity index (χ4n) is 5.55. The molecule has 5 rings (SSSR count). The van der Waals surface area contributed by atoms with E-state index in [2.05, 4.69) is 12.2 Å². The summed E-state index contributed by atoms with van der Waals surface area (Å²) in [6, 6.07) is 25.5. The van der Waals surface area contributed by atoms with E-state index in [-0.39, 0.29) is 30.4 Å². The van der Waals surface area contributed by atoms with Crippen LogP contribution in [0.2, 0.25) is 0 Å². The average Bonchev–Trinajstić information content (AvgIpc) is 3.36. The Balaban J connectivity index is 1.35. The molecule has 202 valence electrons. The first kappa shape index (κ1) is 26.6. The van der Waals surface area contributed by atoms with Gasteiger partial charge < -0.3 is 15.0 Å². The van der Waals surface area contributed by atoms with Gasteiger partial charge in [0.1, 0.15) is 11.8 Å². The molecule has 1 N–H and O–H groups in total. The highest BCUT2D eigenvalue weighted by atomic mass is 16.5. The van der Waals surface area contributed by atoms with Crippen LogP contribution in [0.3, 0.4) is 0 Å². The van der Waals surface area contributed by atoms with Crippen LogP contribution in [-0.4, -0.2) is 59.0 Å². The highest BCUT2D eigenvalue weighted by molar-refractivity contribution is 5.98. The van der Waals surface area contributed by atoms with Gasteiger partial charge in [-0.25, -0.2) is 0 Å². The Hall–Kier alpha value is -3.97. The molecule has 3 amide bonds. The quantitative estimate of drug-likeness (QED) is 0.510. The zero-order valence-electron chi connectivity index (χ0n) is 22.5. The van der Waals surface area contributed by atoms with Crippen molar-refractivity contribution in [3.8, 4) is 0 Å². The Labute approximate surface area is 229 Å². The Morgan fingerprint density at radius 1 is 0.872 bits per heavy atom. The predicted octanol–water partition coefficient (Wildman–Crippen LogP) is 4.60. The standard InChI is InChI=1S/C32H35N3O4/c1-3-24-14-16-27(17-15-24)30(37)34-20-18-32(19-21-34)35(31(38)26-12-8-5-9-13-26)28(22-39-32)29(36)33-23(2)25-10-6-4-7-11-25/h4-17,23,28H,3,18-22H2,1-2H3,(H,33,36)/t23-,28+/m0/s1. The summed E-state index contributed by atoms with van der Waals surface area (Å²) in [7, 11) is 0. The number of ether oxygens (including phenoxy) is 1. The van der Waals surface area contributed by atoms with E-state index < -0.39 is 11.8 Å². The second-order valence-corrected chi connectivity index (χ2v) is 10.3. The molecule has 3 aromatic carbocycles. The Morgan fingerprint density at radius 2 is 1.46 bits per heavy atom. The molecule has 0 radical (unpaired) electrons. The monoisotopic (exact) mass is 525 g/mol. The van der Waals surface area contributed by atoms with Crippen molar-refractivity contribution in [1.82, 2.24) is 15.1 Å². The van der Waals surface area contributed by atoms with Gasteiger partial charge in [-0.15, -0.1) is 0 Å². The van der Waals surface area contributed by atoms with Gasteiger partial charge in [0.2, 0.25) is 5.91 Å². The van der Waals surface area contributed by atoms with Crippen LogP contribution in [0.5, 0.6) is 0 Å². The number of nitrogens with one attached hydrogen (secondary N) is 1. The molecule has 3 aromatic rings. The third-order valence-corrected chi connectivity index (χ3v) is 7.90.